The second-order valence-corrected chi connectivity index (χ2v) is 4.79. The molecule has 4 N–H and O–H groups in total. The van der Waals surface area contributed by atoms with Crippen LogP contribution in [0.3, 0.4) is 0 Å². The van der Waals surface area contributed by atoms with Gasteiger partial charge in [-0.15, -0.1) is 0 Å². The predicted octanol–water partition coefficient (Wildman–Crippen LogP) is 2.80. The summed E-state index contributed by atoms with van der Waals surface area (Å²) >= 11 is 3.12. The molecule has 0 unspecified atom stereocenters. The molecule has 1 heterocycles. The predicted molar refractivity (Wildman–Crippen MR) is 74.0 cm³/mol. The number of nitrogens with one attached hydrogen (secondary N) is 2. The van der Waals surface area contributed by atoms with Crippen LogP contribution in [0.15, 0.2) is 28.9 Å². The topological polar surface area (TPSA) is 80.0 Å². The Balaban J connectivity index is 2.35. The highest BCUT2D eigenvalue weighted by Crippen LogP contribution is 2.22. The second kappa shape index (κ2) is 6.10. The average molecular weight is 361 g/mol. The first-order valence-electron chi connectivity index (χ1n) is 5.51. The van der Waals surface area contributed by atoms with Gasteiger partial charge in [-0.05, 0) is 34.1 Å². The van der Waals surface area contributed by atoms with Crippen molar-refractivity contribution in [1.29, 1.82) is 0 Å². The molecule has 9 heteroatoms. The number of amides is 1. The summed E-state index contributed by atoms with van der Waals surface area (Å²) in [4.78, 5) is 15.9. The number of hydrazine groups is 1. The largest absolute Gasteiger partial charge is 0.319 e. The molecule has 21 heavy (non-hydrogen) atoms. The number of carbonyl (C=O) groups is 1. The molecule has 2 rings (SSSR count). The highest BCUT2D eigenvalue weighted by molar-refractivity contribution is 9.10. The van der Waals surface area contributed by atoms with E-state index in [4.69, 9.17) is 5.84 Å². The molecule has 1 amide bonds. The fraction of sp³-hybridized carbons (Fsp3) is 0. The third kappa shape index (κ3) is 3.14. The number of carbonyl (C=O) groups excluding carboxylic acids is 1. The molecule has 1 aromatic heterocycles. The van der Waals surface area contributed by atoms with Gasteiger partial charge in [0.05, 0.1) is 11.3 Å². The van der Waals surface area contributed by atoms with Crippen molar-refractivity contribution in [2.75, 3.05) is 10.7 Å². The molecule has 0 atom stereocenters. The molecule has 0 saturated carbocycles. The van der Waals surface area contributed by atoms with E-state index in [2.05, 4.69) is 31.7 Å². The van der Waals surface area contributed by atoms with Gasteiger partial charge < -0.3 is 10.7 Å². The van der Waals surface area contributed by atoms with E-state index in [1.807, 2.05) is 0 Å². The number of benzene rings is 1. The molecule has 0 aliphatic rings. The van der Waals surface area contributed by atoms with Crippen molar-refractivity contribution in [3.05, 3.63) is 51.9 Å². The summed E-state index contributed by atoms with van der Waals surface area (Å²) in [6.07, 6.45) is 1.39. The molecule has 0 aliphatic carbocycles. The van der Waals surface area contributed by atoms with Crippen LogP contribution in [-0.2, 0) is 0 Å². The molecule has 0 bridgehead atoms. The Morgan fingerprint density at radius 2 is 1.95 bits per heavy atom. The third-order valence-electron chi connectivity index (χ3n) is 2.52. The Hall–Kier alpha value is -2.13. The van der Waals surface area contributed by atoms with E-state index in [-0.39, 0.29) is 11.4 Å². The van der Waals surface area contributed by atoms with Gasteiger partial charge in [0.2, 0.25) is 0 Å². The van der Waals surface area contributed by atoms with Crippen molar-refractivity contribution in [1.82, 2.24) is 4.98 Å². The minimum absolute atomic E-state index is 0.00370. The lowest BCUT2D eigenvalue weighted by Crippen LogP contribution is -2.19. The molecule has 0 radical (unpaired) electrons. The molecule has 110 valence electrons. The lowest BCUT2D eigenvalue weighted by molar-refractivity contribution is 0.102. The van der Waals surface area contributed by atoms with Gasteiger partial charge in [-0.2, -0.15) is 0 Å². The summed E-state index contributed by atoms with van der Waals surface area (Å²) in [5, 5.41) is 2.12. The Kier molecular flexibility index (Phi) is 4.43. The normalized spacial score (nSPS) is 10.3. The van der Waals surface area contributed by atoms with Crippen LogP contribution in [0.5, 0.6) is 0 Å². The van der Waals surface area contributed by atoms with Crippen LogP contribution in [-0.4, -0.2) is 10.9 Å². The number of hydrogen-bond acceptors (Lipinski definition) is 4. The highest BCUT2D eigenvalue weighted by atomic mass is 79.9. The van der Waals surface area contributed by atoms with E-state index in [9.17, 15) is 18.0 Å². The van der Waals surface area contributed by atoms with Crippen LogP contribution in [0.1, 0.15) is 10.4 Å². The summed E-state index contributed by atoms with van der Waals surface area (Å²) in [6, 6.07) is 3.00. The number of pyridine rings is 1. The monoisotopic (exact) mass is 360 g/mol. The maximum atomic E-state index is 13.5. The van der Waals surface area contributed by atoms with Crippen LogP contribution < -0.4 is 16.6 Å². The van der Waals surface area contributed by atoms with E-state index < -0.39 is 29.0 Å². The standard InChI is InChI=1S/C12H8BrF3N4O/c13-5-3-6(11(20-17)18-4-5)12(21)19-8-2-1-7(14)9(15)10(8)16/h1-4H,17H2,(H,18,20)(H,19,21). The Bertz CT molecular complexity index is 711. The zero-order valence-corrected chi connectivity index (χ0v) is 11.8. The SMILES string of the molecule is NNc1ncc(Br)cc1C(=O)Nc1ccc(F)c(F)c1F. The first kappa shape index (κ1) is 15.3. The van der Waals surface area contributed by atoms with Gasteiger partial charge >= 0.3 is 0 Å². The number of nitrogen functional groups attached to an aromatic ring is 1. The van der Waals surface area contributed by atoms with Crippen molar-refractivity contribution >= 4 is 33.3 Å². The van der Waals surface area contributed by atoms with Gasteiger partial charge in [0.1, 0.15) is 0 Å². The number of nitrogens with zero attached hydrogens (tertiary/aromatic N) is 1. The van der Waals surface area contributed by atoms with E-state index in [1.54, 1.807) is 0 Å². The molecule has 0 spiro atoms. The highest BCUT2D eigenvalue weighted by Gasteiger charge is 2.18. The summed E-state index contributed by atoms with van der Waals surface area (Å²) in [7, 11) is 0. The maximum Gasteiger partial charge on any atom is 0.259 e. The van der Waals surface area contributed by atoms with Gasteiger partial charge in [0, 0.05) is 10.7 Å². The number of hydrogen-bond donors (Lipinski definition) is 3. The van der Waals surface area contributed by atoms with Crippen LogP contribution in [0.25, 0.3) is 0 Å². The van der Waals surface area contributed by atoms with E-state index in [1.165, 1.54) is 12.3 Å². The van der Waals surface area contributed by atoms with Gasteiger partial charge in [-0.25, -0.2) is 24.0 Å². The van der Waals surface area contributed by atoms with Crippen LogP contribution in [0.4, 0.5) is 24.7 Å². The minimum Gasteiger partial charge on any atom is -0.319 e. The summed E-state index contributed by atoms with van der Waals surface area (Å²) < 4.78 is 39.9. The van der Waals surface area contributed by atoms with Crippen LogP contribution in [0, 0.1) is 17.5 Å². The first-order valence-corrected chi connectivity index (χ1v) is 6.30. The lowest BCUT2D eigenvalue weighted by Gasteiger charge is -2.10. The number of aromatic nitrogens is 1. The van der Waals surface area contributed by atoms with Crippen molar-refractivity contribution in [3.63, 3.8) is 0 Å². The Morgan fingerprint density at radius 3 is 2.62 bits per heavy atom. The number of anilines is 2. The van der Waals surface area contributed by atoms with E-state index in [0.717, 1.165) is 6.07 Å². The molecular weight excluding hydrogens is 353 g/mol. The number of halogens is 4. The third-order valence-corrected chi connectivity index (χ3v) is 2.95. The molecule has 2 aromatic rings. The fourth-order valence-corrected chi connectivity index (χ4v) is 1.87. The first-order chi connectivity index (χ1) is 9.93. The molecule has 0 fully saturated rings. The van der Waals surface area contributed by atoms with Gasteiger partial charge in [-0.3, -0.25) is 4.79 Å². The van der Waals surface area contributed by atoms with E-state index >= 15 is 0 Å². The number of rotatable bonds is 3. The summed E-state index contributed by atoms with van der Waals surface area (Å²) in [5.41, 5.74) is 1.70. The van der Waals surface area contributed by atoms with Crippen molar-refractivity contribution < 1.29 is 18.0 Å². The molecule has 0 saturated heterocycles. The zero-order chi connectivity index (χ0) is 15.6. The van der Waals surface area contributed by atoms with Crippen molar-refractivity contribution in [2.24, 2.45) is 5.84 Å². The fourth-order valence-electron chi connectivity index (χ4n) is 1.54. The van der Waals surface area contributed by atoms with Gasteiger partial charge in [-0.1, -0.05) is 0 Å². The quantitative estimate of drug-likeness (QED) is 0.446. The van der Waals surface area contributed by atoms with Crippen LogP contribution >= 0.6 is 15.9 Å². The van der Waals surface area contributed by atoms with E-state index in [0.29, 0.717) is 10.5 Å². The summed E-state index contributed by atoms with van der Waals surface area (Å²) in [6.45, 7) is 0. The Labute approximate surface area is 125 Å². The minimum atomic E-state index is -1.67. The van der Waals surface area contributed by atoms with Gasteiger partial charge in [0.25, 0.3) is 5.91 Å². The molecular formula is C12H8BrF3N4O. The molecule has 1 aromatic carbocycles. The van der Waals surface area contributed by atoms with Crippen molar-refractivity contribution in [2.45, 2.75) is 0 Å². The zero-order valence-electron chi connectivity index (χ0n) is 10.3. The van der Waals surface area contributed by atoms with Crippen LogP contribution in [0.2, 0.25) is 0 Å². The lowest BCUT2D eigenvalue weighted by atomic mass is 10.2. The second-order valence-electron chi connectivity index (χ2n) is 3.87. The summed E-state index contributed by atoms with van der Waals surface area (Å²) in [5.74, 6) is -0.0448. The number of nitrogens with two attached hydrogens (primary N) is 1. The maximum absolute atomic E-state index is 13.5. The molecule has 0 aliphatic heterocycles. The smallest absolute Gasteiger partial charge is 0.259 e. The van der Waals surface area contributed by atoms with Gasteiger partial charge in [0.15, 0.2) is 23.3 Å². The average Bonchev–Trinajstić information content (AvgIpc) is 2.47. The molecule has 5 nitrogen and oxygen atoms in total. The van der Waals surface area contributed by atoms with Crippen molar-refractivity contribution in [3.8, 4) is 0 Å². The Morgan fingerprint density at radius 1 is 1.24 bits per heavy atom.